The van der Waals surface area contributed by atoms with Gasteiger partial charge in [0.2, 0.25) is 11.8 Å². The molecule has 10 heteroatoms. The largest absolute Gasteiger partial charge is 0.497 e. The summed E-state index contributed by atoms with van der Waals surface area (Å²) in [5, 5.41) is 3.68. The third kappa shape index (κ3) is 8.76. The van der Waals surface area contributed by atoms with Crippen LogP contribution in [0.25, 0.3) is 0 Å². The van der Waals surface area contributed by atoms with Crippen LogP contribution < -0.4 is 14.4 Å². The van der Waals surface area contributed by atoms with Crippen molar-refractivity contribution in [1.82, 2.24) is 10.2 Å². The Morgan fingerprint density at radius 2 is 1.54 bits per heavy atom. The van der Waals surface area contributed by atoms with Crippen molar-refractivity contribution in [2.45, 2.75) is 69.0 Å². The van der Waals surface area contributed by atoms with E-state index in [1.54, 1.807) is 50.4 Å². The van der Waals surface area contributed by atoms with Crippen LogP contribution in [-0.4, -0.2) is 50.9 Å². The summed E-state index contributed by atoms with van der Waals surface area (Å²) in [7, 11) is -2.64. The summed E-state index contributed by atoms with van der Waals surface area (Å²) in [5.74, 6) is -0.176. The first-order valence-corrected chi connectivity index (χ1v) is 18.1. The van der Waals surface area contributed by atoms with Crippen molar-refractivity contribution in [3.05, 3.63) is 125 Å². The fourth-order valence-electron chi connectivity index (χ4n) is 6.20. The van der Waals surface area contributed by atoms with Crippen molar-refractivity contribution >= 4 is 39.1 Å². The molecule has 0 saturated heterocycles. The van der Waals surface area contributed by atoms with Gasteiger partial charge < -0.3 is 15.0 Å². The molecular weight excluding hydrogens is 646 g/mol. The summed E-state index contributed by atoms with van der Waals surface area (Å²) >= 11 is 6.26. The Balaban J connectivity index is 1.58. The van der Waals surface area contributed by atoms with Crippen LogP contribution >= 0.6 is 11.6 Å². The SMILES string of the molecule is COc1cccc(CN(C(=O)CN(c2ccc(Cl)cc2C)S(=O)(=O)c2ccccc2)[C@@H](Cc2ccccc2)C(=O)NC2CCCCC2)c1. The monoisotopic (exact) mass is 687 g/mol. The van der Waals surface area contributed by atoms with Crippen LogP contribution in [0.1, 0.15) is 48.8 Å². The number of anilines is 1. The Labute approximate surface area is 288 Å². The fourth-order valence-corrected chi connectivity index (χ4v) is 7.92. The number of nitrogens with zero attached hydrogens (tertiary/aromatic N) is 2. The van der Waals surface area contributed by atoms with Crippen LogP contribution in [0.2, 0.25) is 5.02 Å². The van der Waals surface area contributed by atoms with E-state index in [1.807, 2.05) is 54.6 Å². The molecule has 0 aromatic heterocycles. The van der Waals surface area contributed by atoms with Crippen molar-refractivity contribution in [2.75, 3.05) is 18.0 Å². The van der Waals surface area contributed by atoms with E-state index in [0.717, 1.165) is 47.5 Å². The van der Waals surface area contributed by atoms with E-state index in [1.165, 1.54) is 17.0 Å². The Hall–Kier alpha value is -4.34. The maximum atomic E-state index is 14.8. The highest BCUT2D eigenvalue weighted by atomic mass is 35.5. The lowest BCUT2D eigenvalue weighted by molar-refractivity contribution is -0.140. The second kappa shape index (κ2) is 16.2. The van der Waals surface area contributed by atoms with Gasteiger partial charge in [0.1, 0.15) is 18.3 Å². The molecule has 1 atom stereocenters. The highest BCUT2D eigenvalue weighted by molar-refractivity contribution is 7.92. The summed E-state index contributed by atoms with van der Waals surface area (Å²) < 4.78 is 35.1. The van der Waals surface area contributed by atoms with Gasteiger partial charge in [-0.2, -0.15) is 0 Å². The predicted molar refractivity (Wildman–Crippen MR) is 190 cm³/mol. The average Bonchev–Trinajstić information content (AvgIpc) is 3.10. The maximum Gasteiger partial charge on any atom is 0.264 e. The highest BCUT2D eigenvalue weighted by Gasteiger charge is 2.36. The normalized spacial score (nSPS) is 14.1. The highest BCUT2D eigenvalue weighted by Crippen LogP contribution is 2.30. The molecule has 5 rings (SSSR count). The quantitative estimate of drug-likeness (QED) is 0.164. The molecule has 0 spiro atoms. The molecule has 1 N–H and O–H groups in total. The minimum Gasteiger partial charge on any atom is -0.497 e. The summed E-state index contributed by atoms with van der Waals surface area (Å²) in [5.41, 5.74) is 2.53. The van der Waals surface area contributed by atoms with E-state index in [-0.39, 0.29) is 29.8 Å². The van der Waals surface area contributed by atoms with E-state index < -0.39 is 28.5 Å². The lowest BCUT2D eigenvalue weighted by atomic mass is 9.94. The molecule has 1 saturated carbocycles. The van der Waals surface area contributed by atoms with Crippen molar-refractivity contribution in [2.24, 2.45) is 0 Å². The fraction of sp³-hybridized carbons (Fsp3) is 0.316. The van der Waals surface area contributed by atoms with Crippen LogP contribution in [0.4, 0.5) is 5.69 Å². The van der Waals surface area contributed by atoms with Crippen LogP contribution in [0.3, 0.4) is 0 Å². The summed E-state index contributed by atoms with van der Waals surface area (Å²) in [6.07, 6.45) is 5.22. The van der Waals surface area contributed by atoms with Crippen molar-refractivity contribution in [1.29, 1.82) is 0 Å². The van der Waals surface area contributed by atoms with Gasteiger partial charge >= 0.3 is 0 Å². The minimum absolute atomic E-state index is 0.0185. The molecule has 1 fully saturated rings. The van der Waals surface area contributed by atoms with Crippen molar-refractivity contribution in [3.63, 3.8) is 0 Å². The third-order valence-electron chi connectivity index (χ3n) is 8.75. The number of hydrogen-bond acceptors (Lipinski definition) is 5. The molecule has 0 bridgehead atoms. The zero-order valence-electron chi connectivity index (χ0n) is 27.3. The van der Waals surface area contributed by atoms with Gasteiger partial charge in [0, 0.05) is 24.0 Å². The van der Waals surface area contributed by atoms with Gasteiger partial charge in [-0.25, -0.2) is 8.42 Å². The van der Waals surface area contributed by atoms with Gasteiger partial charge in [-0.1, -0.05) is 91.5 Å². The van der Waals surface area contributed by atoms with E-state index in [4.69, 9.17) is 16.3 Å². The summed E-state index contributed by atoms with van der Waals surface area (Å²) in [4.78, 5) is 30.6. The average molecular weight is 688 g/mol. The number of methoxy groups -OCH3 is 1. The Morgan fingerprint density at radius 3 is 2.21 bits per heavy atom. The Bertz CT molecular complexity index is 1800. The van der Waals surface area contributed by atoms with Crippen LogP contribution in [0.15, 0.2) is 108 Å². The lowest BCUT2D eigenvalue weighted by Gasteiger charge is -2.35. The van der Waals surface area contributed by atoms with Crippen LogP contribution in [0, 0.1) is 6.92 Å². The second-order valence-electron chi connectivity index (χ2n) is 12.2. The Morgan fingerprint density at radius 1 is 0.875 bits per heavy atom. The van der Waals surface area contributed by atoms with E-state index in [0.29, 0.717) is 22.0 Å². The maximum absolute atomic E-state index is 14.8. The standard InChI is InChI=1S/C38H42ClN3O5S/c1-28-23-31(39)21-22-35(28)42(48(45,46)34-19-10-5-11-20-34)27-37(43)41(26-30-15-12-18-33(24-30)47-2)36(25-29-13-6-3-7-14-29)38(44)40-32-16-8-4-9-17-32/h3,5-7,10-15,18-24,32,36H,4,8-9,16-17,25-27H2,1-2H3,(H,40,44)/t36-/m0/s1. The van der Waals surface area contributed by atoms with E-state index in [2.05, 4.69) is 5.32 Å². The van der Waals surface area contributed by atoms with Crippen molar-refractivity contribution < 1.29 is 22.7 Å². The number of rotatable bonds is 13. The first-order chi connectivity index (χ1) is 23.2. The molecule has 8 nitrogen and oxygen atoms in total. The molecule has 4 aromatic rings. The number of aryl methyl sites for hydroxylation is 1. The molecule has 48 heavy (non-hydrogen) atoms. The zero-order chi connectivity index (χ0) is 34.1. The molecule has 1 aliphatic rings. The Kier molecular flexibility index (Phi) is 11.8. The number of halogens is 1. The summed E-state index contributed by atoms with van der Waals surface area (Å²) in [6.45, 7) is 1.28. The molecule has 1 aliphatic carbocycles. The number of carbonyl (C=O) groups is 2. The smallest absolute Gasteiger partial charge is 0.264 e. The molecule has 252 valence electrons. The van der Waals surface area contributed by atoms with Gasteiger partial charge in [0.15, 0.2) is 0 Å². The summed E-state index contributed by atoms with van der Waals surface area (Å²) in [6, 6.07) is 28.9. The molecule has 0 aliphatic heterocycles. The zero-order valence-corrected chi connectivity index (χ0v) is 28.9. The number of amides is 2. The number of hydrogen-bond donors (Lipinski definition) is 1. The first-order valence-electron chi connectivity index (χ1n) is 16.3. The van der Waals surface area contributed by atoms with E-state index in [9.17, 15) is 18.0 Å². The second-order valence-corrected chi connectivity index (χ2v) is 14.5. The van der Waals surface area contributed by atoms with Crippen LogP contribution in [-0.2, 0) is 32.6 Å². The molecular formula is C38H42ClN3O5S. The number of ether oxygens (including phenoxy) is 1. The lowest BCUT2D eigenvalue weighted by Crippen LogP contribution is -2.55. The van der Waals surface area contributed by atoms with Crippen LogP contribution in [0.5, 0.6) is 5.75 Å². The molecule has 0 radical (unpaired) electrons. The van der Waals surface area contributed by atoms with Gasteiger partial charge in [0.25, 0.3) is 10.0 Å². The molecule has 0 heterocycles. The number of sulfonamides is 1. The third-order valence-corrected chi connectivity index (χ3v) is 10.8. The molecule has 4 aromatic carbocycles. The predicted octanol–water partition coefficient (Wildman–Crippen LogP) is 6.94. The number of nitrogens with one attached hydrogen (secondary N) is 1. The van der Waals surface area contributed by atoms with Gasteiger partial charge in [0.05, 0.1) is 17.7 Å². The topological polar surface area (TPSA) is 96.0 Å². The molecule has 2 amide bonds. The number of carbonyl (C=O) groups excluding carboxylic acids is 2. The van der Waals surface area contributed by atoms with Gasteiger partial charge in [-0.3, -0.25) is 13.9 Å². The van der Waals surface area contributed by atoms with Crippen molar-refractivity contribution in [3.8, 4) is 5.75 Å². The first kappa shape index (κ1) is 35.0. The molecule has 0 unspecified atom stereocenters. The van der Waals surface area contributed by atoms with Gasteiger partial charge in [-0.15, -0.1) is 0 Å². The van der Waals surface area contributed by atoms with E-state index >= 15 is 0 Å². The minimum atomic E-state index is -4.21. The number of benzene rings is 4. The van der Waals surface area contributed by atoms with Gasteiger partial charge in [-0.05, 0) is 78.9 Å².